The molecule has 1 N–H and O–H groups in total. The van der Waals surface area contributed by atoms with Gasteiger partial charge >= 0.3 is 11.9 Å². The second-order valence-corrected chi connectivity index (χ2v) is 6.29. The van der Waals surface area contributed by atoms with Crippen LogP contribution in [0.1, 0.15) is 42.6 Å². The van der Waals surface area contributed by atoms with Gasteiger partial charge in [0.2, 0.25) is 0 Å². The molecule has 29 heavy (non-hydrogen) atoms. The first kappa shape index (κ1) is 21.9. The van der Waals surface area contributed by atoms with Crippen molar-refractivity contribution in [3.63, 3.8) is 0 Å². The van der Waals surface area contributed by atoms with Gasteiger partial charge in [-0.25, -0.2) is 9.59 Å². The predicted molar refractivity (Wildman–Crippen MR) is 112 cm³/mol. The molecule has 0 saturated heterocycles. The smallest absolute Gasteiger partial charge is 0.343 e. The number of rotatable bonds is 8. The first-order valence-corrected chi connectivity index (χ1v) is 9.47. The first-order chi connectivity index (χ1) is 14.0. The number of benzene rings is 2. The summed E-state index contributed by atoms with van der Waals surface area (Å²) in [7, 11) is 0. The van der Waals surface area contributed by atoms with E-state index in [0.29, 0.717) is 29.8 Å². The molecule has 0 aliphatic rings. The number of nitrogens with zero attached hydrogens (tertiary/aromatic N) is 1. The number of aliphatic hydroxyl groups is 1. The number of carbonyl (C=O) groups is 2. The van der Waals surface area contributed by atoms with Crippen molar-refractivity contribution in [2.45, 2.75) is 33.6 Å². The van der Waals surface area contributed by atoms with Crippen LogP contribution < -0.4 is 4.74 Å². The van der Waals surface area contributed by atoms with Crippen LogP contribution in [0.3, 0.4) is 0 Å². The molecule has 6 heteroatoms. The van der Waals surface area contributed by atoms with E-state index in [2.05, 4.69) is 4.99 Å². The van der Waals surface area contributed by atoms with Crippen LogP contribution in [0.5, 0.6) is 5.75 Å². The number of allylic oxidation sites excluding steroid dienone is 1. The standard InChI is InChI=1S/C23H25NO5/c1-4-9-21(25)19(23(27)28-5-2)15-24-20-13-12-18(14-16(20)3)29-22(26)17-10-7-6-8-11-17/h6-8,10-15,25H,4-5,9H2,1-3H3. The third-order valence-electron chi connectivity index (χ3n) is 4.01. The molecule has 0 amide bonds. The monoisotopic (exact) mass is 395 g/mol. The van der Waals surface area contributed by atoms with Gasteiger partial charge in [-0.05, 0) is 56.2 Å². The zero-order chi connectivity index (χ0) is 21.2. The molecule has 0 radical (unpaired) electrons. The molecule has 0 atom stereocenters. The van der Waals surface area contributed by atoms with Gasteiger partial charge in [0.25, 0.3) is 0 Å². The van der Waals surface area contributed by atoms with Crippen LogP contribution in [0.4, 0.5) is 5.69 Å². The summed E-state index contributed by atoms with van der Waals surface area (Å²) in [5.41, 5.74) is 1.82. The van der Waals surface area contributed by atoms with Crippen molar-refractivity contribution in [1.82, 2.24) is 0 Å². The van der Waals surface area contributed by atoms with Crippen molar-refractivity contribution in [3.8, 4) is 5.75 Å². The number of hydrogen-bond acceptors (Lipinski definition) is 6. The van der Waals surface area contributed by atoms with Gasteiger partial charge < -0.3 is 14.6 Å². The van der Waals surface area contributed by atoms with Crippen LogP contribution >= 0.6 is 0 Å². The minimum atomic E-state index is -0.617. The van der Waals surface area contributed by atoms with E-state index in [1.807, 2.05) is 19.9 Å². The zero-order valence-electron chi connectivity index (χ0n) is 16.8. The molecule has 0 unspecified atom stereocenters. The SMILES string of the molecule is CCCC(O)=C(C=Nc1ccc(OC(=O)c2ccccc2)cc1C)C(=O)OCC. The Morgan fingerprint density at radius 2 is 1.83 bits per heavy atom. The zero-order valence-corrected chi connectivity index (χ0v) is 16.8. The molecule has 6 nitrogen and oxygen atoms in total. The summed E-state index contributed by atoms with van der Waals surface area (Å²) in [6.45, 7) is 5.61. The summed E-state index contributed by atoms with van der Waals surface area (Å²) in [5.74, 6) is -0.724. The second kappa shape index (κ2) is 10.8. The van der Waals surface area contributed by atoms with Gasteiger partial charge in [-0.15, -0.1) is 0 Å². The Morgan fingerprint density at radius 1 is 1.10 bits per heavy atom. The van der Waals surface area contributed by atoms with E-state index >= 15 is 0 Å². The molecule has 2 aromatic rings. The maximum atomic E-state index is 12.2. The number of aliphatic imine (C=N–C) groups is 1. The lowest BCUT2D eigenvalue weighted by Gasteiger charge is -2.08. The summed E-state index contributed by atoms with van der Waals surface area (Å²) in [5, 5.41) is 10.1. The highest BCUT2D eigenvalue weighted by molar-refractivity contribution is 6.10. The van der Waals surface area contributed by atoms with Crippen LogP contribution in [-0.4, -0.2) is 29.9 Å². The van der Waals surface area contributed by atoms with Gasteiger partial charge in [-0.2, -0.15) is 0 Å². The number of aliphatic hydroxyl groups excluding tert-OH is 1. The van der Waals surface area contributed by atoms with Crippen molar-refractivity contribution in [1.29, 1.82) is 0 Å². The fourth-order valence-corrected chi connectivity index (χ4v) is 2.54. The quantitative estimate of drug-likeness (QED) is 0.221. The average molecular weight is 395 g/mol. The lowest BCUT2D eigenvalue weighted by Crippen LogP contribution is -2.11. The highest BCUT2D eigenvalue weighted by Crippen LogP contribution is 2.25. The molecule has 152 valence electrons. The second-order valence-electron chi connectivity index (χ2n) is 6.29. The number of esters is 2. The van der Waals surface area contributed by atoms with E-state index in [-0.39, 0.29) is 17.9 Å². The molecule has 0 spiro atoms. The summed E-state index contributed by atoms with van der Waals surface area (Å²) < 4.78 is 10.4. The van der Waals surface area contributed by atoms with Crippen molar-refractivity contribution >= 4 is 23.8 Å². The summed E-state index contributed by atoms with van der Waals surface area (Å²) in [6, 6.07) is 13.7. The number of hydrogen-bond donors (Lipinski definition) is 1. The Morgan fingerprint density at radius 3 is 2.45 bits per heavy atom. The Labute approximate surface area is 170 Å². The van der Waals surface area contributed by atoms with E-state index in [1.165, 1.54) is 6.21 Å². The third kappa shape index (κ3) is 6.31. The van der Waals surface area contributed by atoms with Gasteiger partial charge in [-0.1, -0.05) is 25.1 Å². The van der Waals surface area contributed by atoms with Crippen LogP contribution in [0.25, 0.3) is 0 Å². The topological polar surface area (TPSA) is 85.2 Å². The van der Waals surface area contributed by atoms with Crippen LogP contribution in [0.2, 0.25) is 0 Å². The molecule has 2 aromatic carbocycles. The number of carbonyl (C=O) groups excluding carboxylic acids is 2. The van der Waals surface area contributed by atoms with E-state index in [9.17, 15) is 14.7 Å². The summed E-state index contributed by atoms with van der Waals surface area (Å²) in [6.07, 6.45) is 2.34. The summed E-state index contributed by atoms with van der Waals surface area (Å²) in [4.78, 5) is 28.6. The Hall–Kier alpha value is -3.41. The minimum Gasteiger partial charge on any atom is -0.511 e. The fourth-order valence-electron chi connectivity index (χ4n) is 2.54. The van der Waals surface area contributed by atoms with E-state index < -0.39 is 11.9 Å². The van der Waals surface area contributed by atoms with Crippen molar-refractivity contribution in [2.75, 3.05) is 6.61 Å². The molecular weight excluding hydrogens is 370 g/mol. The molecule has 2 rings (SSSR count). The van der Waals surface area contributed by atoms with Crippen LogP contribution in [-0.2, 0) is 9.53 Å². The molecular formula is C23H25NO5. The Balaban J connectivity index is 2.19. The van der Waals surface area contributed by atoms with Crippen molar-refractivity contribution < 1.29 is 24.2 Å². The van der Waals surface area contributed by atoms with E-state index in [4.69, 9.17) is 9.47 Å². The minimum absolute atomic E-state index is 0.0349. The number of ether oxygens (including phenoxy) is 2. The summed E-state index contributed by atoms with van der Waals surface area (Å²) >= 11 is 0. The highest BCUT2D eigenvalue weighted by atomic mass is 16.5. The fraction of sp³-hybridized carbons (Fsp3) is 0.261. The molecule has 0 heterocycles. The molecule has 0 fully saturated rings. The lowest BCUT2D eigenvalue weighted by molar-refractivity contribution is -0.138. The van der Waals surface area contributed by atoms with E-state index in [1.54, 1.807) is 49.4 Å². The van der Waals surface area contributed by atoms with Gasteiger partial charge in [0, 0.05) is 12.6 Å². The van der Waals surface area contributed by atoms with Crippen molar-refractivity contribution in [2.24, 2.45) is 4.99 Å². The predicted octanol–water partition coefficient (Wildman–Crippen LogP) is 5.09. The average Bonchev–Trinajstić information content (AvgIpc) is 2.70. The number of aryl methyl sites for hydroxylation is 1. The largest absolute Gasteiger partial charge is 0.511 e. The van der Waals surface area contributed by atoms with E-state index in [0.717, 1.165) is 5.56 Å². The maximum absolute atomic E-state index is 12.2. The highest BCUT2D eigenvalue weighted by Gasteiger charge is 2.14. The molecule has 0 aliphatic carbocycles. The van der Waals surface area contributed by atoms with Crippen LogP contribution in [0.15, 0.2) is 64.9 Å². The third-order valence-corrected chi connectivity index (χ3v) is 4.01. The maximum Gasteiger partial charge on any atom is 0.343 e. The Kier molecular flexibility index (Phi) is 8.15. The van der Waals surface area contributed by atoms with Gasteiger partial charge in [0.15, 0.2) is 0 Å². The molecule has 0 bridgehead atoms. The molecule has 0 aliphatic heterocycles. The first-order valence-electron chi connectivity index (χ1n) is 9.47. The van der Waals surface area contributed by atoms with Gasteiger partial charge in [-0.3, -0.25) is 4.99 Å². The van der Waals surface area contributed by atoms with Gasteiger partial charge in [0.1, 0.15) is 17.1 Å². The van der Waals surface area contributed by atoms with Gasteiger partial charge in [0.05, 0.1) is 17.9 Å². The molecule has 0 aromatic heterocycles. The lowest BCUT2D eigenvalue weighted by atomic mass is 10.1. The normalized spacial score (nSPS) is 11.8. The van der Waals surface area contributed by atoms with Crippen molar-refractivity contribution in [3.05, 3.63) is 71.0 Å². The Bertz CT molecular complexity index is 916. The molecule has 0 saturated carbocycles. The van der Waals surface area contributed by atoms with Crippen LogP contribution in [0, 0.1) is 6.92 Å².